The molecule has 0 saturated carbocycles. The SMILES string of the molecule is CN(C)CCCCNC(=O)c1sc2ncccc2c1N. The van der Waals surface area contributed by atoms with Crippen LogP contribution in [0.3, 0.4) is 0 Å². The van der Waals surface area contributed by atoms with E-state index in [4.69, 9.17) is 5.73 Å². The molecular formula is C14H20N4OS. The van der Waals surface area contributed by atoms with Crippen molar-refractivity contribution in [3.8, 4) is 0 Å². The van der Waals surface area contributed by atoms with Gasteiger partial charge in [0.05, 0.1) is 5.69 Å². The number of nitrogens with zero attached hydrogens (tertiary/aromatic N) is 2. The maximum Gasteiger partial charge on any atom is 0.263 e. The van der Waals surface area contributed by atoms with Crippen LogP contribution in [0.15, 0.2) is 18.3 Å². The number of carbonyl (C=O) groups excluding carboxylic acids is 1. The normalized spacial score (nSPS) is 11.2. The quantitative estimate of drug-likeness (QED) is 0.798. The Labute approximate surface area is 122 Å². The van der Waals surface area contributed by atoms with Crippen LogP contribution in [0.2, 0.25) is 0 Å². The number of thiophene rings is 1. The highest BCUT2D eigenvalue weighted by atomic mass is 32.1. The molecule has 2 heterocycles. The predicted molar refractivity (Wildman–Crippen MR) is 84.2 cm³/mol. The third-order valence-corrected chi connectivity index (χ3v) is 4.16. The number of pyridine rings is 1. The van der Waals surface area contributed by atoms with Crippen LogP contribution < -0.4 is 11.1 Å². The van der Waals surface area contributed by atoms with E-state index in [1.165, 1.54) is 11.3 Å². The Balaban J connectivity index is 1.93. The van der Waals surface area contributed by atoms with Crippen molar-refractivity contribution in [3.05, 3.63) is 23.2 Å². The van der Waals surface area contributed by atoms with E-state index in [0.717, 1.165) is 29.6 Å². The third kappa shape index (κ3) is 3.46. The molecular weight excluding hydrogens is 272 g/mol. The summed E-state index contributed by atoms with van der Waals surface area (Å²) in [5.41, 5.74) is 6.54. The van der Waals surface area contributed by atoms with Crippen LogP contribution >= 0.6 is 11.3 Å². The second kappa shape index (κ2) is 6.67. The van der Waals surface area contributed by atoms with E-state index in [9.17, 15) is 4.79 Å². The molecule has 108 valence electrons. The average molecular weight is 292 g/mol. The van der Waals surface area contributed by atoms with Gasteiger partial charge >= 0.3 is 0 Å². The van der Waals surface area contributed by atoms with Crippen LogP contribution in [0.4, 0.5) is 5.69 Å². The van der Waals surface area contributed by atoms with E-state index in [2.05, 4.69) is 15.2 Å². The molecule has 3 N–H and O–H groups in total. The van der Waals surface area contributed by atoms with Gasteiger partial charge in [-0.15, -0.1) is 11.3 Å². The lowest BCUT2D eigenvalue weighted by Crippen LogP contribution is -2.25. The number of hydrogen-bond acceptors (Lipinski definition) is 5. The number of nitrogens with one attached hydrogen (secondary N) is 1. The van der Waals surface area contributed by atoms with Crippen LogP contribution in [0.25, 0.3) is 10.2 Å². The van der Waals surface area contributed by atoms with Gasteiger partial charge in [-0.05, 0) is 45.6 Å². The standard InChI is InChI=1S/C14H20N4OS/c1-18(2)9-4-3-7-16-13(19)12-11(15)10-6-5-8-17-14(10)20-12/h5-6,8H,3-4,7,9,15H2,1-2H3,(H,16,19). The number of nitrogens with two attached hydrogens (primary N) is 1. The lowest BCUT2D eigenvalue weighted by Gasteiger charge is -2.09. The van der Waals surface area contributed by atoms with Crippen LogP contribution in [0.1, 0.15) is 22.5 Å². The van der Waals surface area contributed by atoms with Gasteiger partial charge in [0.2, 0.25) is 0 Å². The van der Waals surface area contributed by atoms with Crippen molar-refractivity contribution in [2.45, 2.75) is 12.8 Å². The van der Waals surface area contributed by atoms with Gasteiger partial charge in [0.25, 0.3) is 5.91 Å². The minimum Gasteiger partial charge on any atom is -0.397 e. The largest absolute Gasteiger partial charge is 0.397 e. The fourth-order valence-corrected chi connectivity index (χ4v) is 2.93. The van der Waals surface area contributed by atoms with Crippen molar-refractivity contribution >= 4 is 33.1 Å². The zero-order valence-electron chi connectivity index (χ0n) is 11.8. The maximum absolute atomic E-state index is 12.1. The van der Waals surface area contributed by atoms with Gasteiger partial charge in [-0.2, -0.15) is 0 Å². The number of nitrogen functional groups attached to an aromatic ring is 1. The smallest absolute Gasteiger partial charge is 0.263 e. The van der Waals surface area contributed by atoms with Gasteiger partial charge in [0.1, 0.15) is 9.71 Å². The number of anilines is 1. The summed E-state index contributed by atoms with van der Waals surface area (Å²) in [6.07, 6.45) is 3.74. The number of fused-ring (bicyclic) bond motifs is 1. The Kier molecular flexibility index (Phi) is 4.92. The van der Waals surface area contributed by atoms with Crippen molar-refractivity contribution in [3.63, 3.8) is 0 Å². The van der Waals surface area contributed by atoms with Crippen molar-refractivity contribution in [2.75, 3.05) is 32.9 Å². The summed E-state index contributed by atoms with van der Waals surface area (Å²) in [7, 11) is 4.09. The predicted octanol–water partition coefficient (Wildman–Crippen LogP) is 1.95. The molecule has 0 atom stereocenters. The second-order valence-electron chi connectivity index (χ2n) is 4.97. The van der Waals surface area contributed by atoms with Gasteiger partial charge < -0.3 is 16.0 Å². The lowest BCUT2D eigenvalue weighted by atomic mass is 10.2. The lowest BCUT2D eigenvalue weighted by molar-refractivity contribution is 0.0957. The molecule has 0 saturated heterocycles. The Morgan fingerprint density at radius 1 is 1.45 bits per heavy atom. The van der Waals surface area contributed by atoms with Crippen molar-refractivity contribution < 1.29 is 4.79 Å². The van der Waals surface area contributed by atoms with Crippen LogP contribution in [-0.2, 0) is 0 Å². The summed E-state index contributed by atoms with van der Waals surface area (Å²) in [4.78, 5) is 19.8. The molecule has 5 nitrogen and oxygen atoms in total. The molecule has 0 bridgehead atoms. The van der Waals surface area contributed by atoms with Crippen LogP contribution in [0, 0.1) is 0 Å². The molecule has 0 aliphatic carbocycles. The Morgan fingerprint density at radius 3 is 2.95 bits per heavy atom. The van der Waals surface area contributed by atoms with Crippen molar-refractivity contribution in [1.82, 2.24) is 15.2 Å². The Morgan fingerprint density at radius 2 is 2.25 bits per heavy atom. The highest BCUT2D eigenvalue weighted by Crippen LogP contribution is 2.31. The maximum atomic E-state index is 12.1. The summed E-state index contributed by atoms with van der Waals surface area (Å²) in [6.45, 7) is 1.71. The number of aromatic nitrogens is 1. The second-order valence-corrected chi connectivity index (χ2v) is 5.97. The van der Waals surface area contributed by atoms with E-state index >= 15 is 0 Å². The first-order chi connectivity index (χ1) is 9.59. The minimum atomic E-state index is -0.102. The minimum absolute atomic E-state index is 0.102. The van der Waals surface area contributed by atoms with Crippen molar-refractivity contribution in [1.29, 1.82) is 0 Å². The van der Waals surface area contributed by atoms with E-state index in [1.54, 1.807) is 6.20 Å². The first-order valence-corrected chi connectivity index (χ1v) is 7.47. The molecule has 2 aromatic rings. The number of amides is 1. The van der Waals surface area contributed by atoms with Gasteiger partial charge in [-0.25, -0.2) is 4.98 Å². The summed E-state index contributed by atoms with van der Waals surface area (Å²) in [5.74, 6) is -0.102. The van der Waals surface area contributed by atoms with Gasteiger partial charge in [0.15, 0.2) is 0 Å². The highest BCUT2D eigenvalue weighted by molar-refractivity contribution is 7.21. The Hall–Kier alpha value is -1.66. The summed E-state index contributed by atoms with van der Waals surface area (Å²) < 4.78 is 0. The first kappa shape index (κ1) is 14.7. The zero-order valence-corrected chi connectivity index (χ0v) is 12.7. The fourth-order valence-electron chi connectivity index (χ4n) is 1.95. The molecule has 0 radical (unpaired) electrons. The first-order valence-electron chi connectivity index (χ1n) is 6.65. The number of rotatable bonds is 6. The van der Waals surface area contributed by atoms with Gasteiger partial charge in [-0.3, -0.25) is 4.79 Å². The van der Waals surface area contributed by atoms with E-state index in [-0.39, 0.29) is 5.91 Å². The number of hydrogen-bond donors (Lipinski definition) is 2. The summed E-state index contributed by atoms with van der Waals surface area (Å²) in [6, 6.07) is 3.72. The average Bonchev–Trinajstić information content (AvgIpc) is 2.76. The van der Waals surface area contributed by atoms with Crippen molar-refractivity contribution in [2.24, 2.45) is 0 Å². The number of carbonyl (C=O) groups is 1. The summed E-state index contributed by atoms with van der Waals surface area (Å²) >= 11 is 1.34. The van der Waals surface area contributed by atoms with Gasteiger partial charge in [0, 0.05) is 18.1 Å². The zero-order chi connectivity index (χ0) is 14.5. The molecule has 2 aromatic heterocycles. The molecule has 0 unspecified atom stereocenters. The molecule has 1 amide bonds. The van der Waals surface area contributed by atoms with Crippen LogP contribution in [-0.4, -0.2) is 43.0 Å². The van der Waals surface area contributed by atoms with Gasteiger partial charge in [-0.1, -0.05) is 0 Å². The molecule has 0 fully saturated rings. The fraction of sp³-hybridized carbons (Fsp3) is 0.429. The molecule has 6 heteroatoms. The third-order valence-electron chi connectivity index (χ3n) is 3.03. The van der Waals surface area contributed by atoms with E-state index in [0.29, 0.717) is 17.1 Å². The summed E-state index contributed by atoms with van der Waals surface area (Å²) in [5, 5.41) is 3.78. The molecule has 2 rings (SSSR count). The van der Waals surface area contributed by atoms with E-state index < -0.39 is 0 Å². The van der Waals surface area contributed by atoms with Crippen LogP contribution in [0.5, 0.6) is 0 Å². The molecule has 0 aliphatic heterocycles. The topological polar surface area (TPSA) is 71.2 Å². The highest BCUT2D eigenvalue weighted by Gasteiger charge is 2.16. The Bertz CT molecular complexity index is 594. The monoisotopic (exact) mass is 292 g/mol. The molecule has 0 aromatic carbocycles. The molecule has 20 heavy (non-hydrogen) atoms. The number of unbranched alkanes of at least 4 members (excludes halogenated alkanes) is 1. The molecule has 0 aliphatic rings. The molecule has 0 spiro atoms. The van der Waals surface area contributed by atoms with E-state index in [1.807, 2.05) is 26.2 Å².